The molecule has 1 N–H and O–H groups in total. The van der Waals surface area contributed by atoms with Crippen molar-refractivity contribution >= 4 is 11.9 Å². The highest BCUT2D eigenvalue weighted by atomic mass is 16.4. The molecule has 1 aliphatic heterocycles. The topological polar surface area (TPSA) is 70.5 Å². The summed E-state index contributed by atoms with van der Waals surface area (Å²) in [5, 5.41) is 8.77. The molecule has 1 fully saturated rings. The molecule has 102 valence electrons. The Kier molecular flexibility index (Phi) is 4.14. The predicted octanol–water partition coefficient (Wildman–Crippen LogP) is 1.72. The number of amides is 1. The van der Waals surface area contributed by atoms with Gasteiger partial charge in [0, 0.05) is 31.9 Å². The smallest absolute Gasteiger partial charge is 0.303 e. The van der Waals surface area contributed by atoms with Crippen LogP contribution in [0.15, 0.2) is 18.5 Å². The van der Waals surface area contributed by atoms with Crippen LogP contribution in [0.3, 0.4) is 0 Å². The van der Waals surface area contributed by atoms with E-state index in [0.717, 1.165) is 18.4 Å². The number of hydrogen-bond acceptors (Lipinski definition) is 3. The Labute approximate surface area is 112 Å². The van der Waals surface area contributed by atoms with E-state index in [0.29, 0.717) is 18.7 Å². The molecule has 0 radical (unpaired) electrons. The third kappa shape index (κ3) is 3.30. The lowest BCUT2D eigenvalue weighted by molar-refractivity contribution is -0.138. The van der Waals surface area contributed by atoms with Crippen LogP contribution in [0, 0.1) is 12.8 Å². The standard InChI is InChI=1S/C14H18N2O3/c1-10-2-5-15-9-12(10)14(19)16-6-3-11(4-7-16)8-13(17)18/h2,5,9,11H,3-4,6-8H2,1H3,(H,17,18). The van der Waals surface area contributed by atoms with Gasteiger partial charge >= 0.3 is 5.97 Å². The zero-order valence-corrected chi connectivity index (χ0v) is 11.0. The molecule has 1 aliphatic rings. The highest BCUT2D eigenvalue weighted by molar-refractivity contribution is 5.95. The van der Waals surface area contributed by atoms with Gasteiger partial charge in [-0.25, -0.2) is 0 Å². The van der Waals surface area contributed by atoms with Crippen LogP contribution in [0.1, 0.15) is 35.2 Å². The van der Waals surface area contributed by atoms with Crippen molar-refractivity contribution in [3.8, 4) is 0 Å². The third-order valence-electron chi connectivity index (χ3n) is 3.63. The van der Waals surface area contributed by atoms with E-state index in [2.05, 4.69) is 4.98 Å². The summed E-state index contributed by atoms with van der Waals surface area (Å²) in [5.74, 6) is -0.566. The zero-order chi connectivity index (χ0) is 13.8. The van der Waals surface area contributed by atoms with Crippen molar-refractivity contribution in [3.05, 3.63) is 29.6 Å². The molecule has 2 heterocycles. The van der Waals surface area contributed by atoms with E-state index in [1.807, 2.05) is 13.0 Å². The second kappa shape index (κ2) is 5.82. The van der Waals surface area contributed by atoms with Gasteiger partial charge in [-0.1, -0.05) is 0 Å². The largest absolute Gasteiger partial charge is 0.481 e. The number of aliphatic carboxylic acids is 1. The Balaban J connectivity index is 1.96. The molecule has 0 aliphatic carbocycles. The van der Waals surface area contributed by atoms with Crippen LogP contribution < -0.4 is 0 Å². The Bertz CT molecular complexity index is 479. The van der Waals surface area contributed by atoms with Crippen LogP contribution in [-0.4, -0.2) is 40.0 Å². The first kappa shape index (κ1) is 13.5. The molecule has 0 bridgehead atoms. The fourth-order valence-electron chi connectivity index (χ4n) is 2.45. The van der Waals surface area contributed by atoms with Crippen molar-refractivity contribution in [2.45, 2.75) is 26.2 Å². The molecule has 5 heteroatoms. The van der Waals surface area contributed by atoms with Crippen molar-refractivity contribution in [2.24, 2.45) is 5.92 Å². The summed E-state index contributed by atoms with van der Waals surface area (Å²) >= 11 is 0. The Morgan fingerprint density at radius 1 is 1.42 bits per heavy atom. The Morgan fingerprint density at radius 3 is 2.68 bits per heavy atom. The van der Waals surface area contributed by atoms with Crippen molar-refractivity contribution < 1.29 is 14.7 Å². The Morgan fingerprint density at radius 2 is 2.11 bits per heavy atom. The molecule has 0 unspecified atom stereocenters. The maximum Gasteiger partial charge on any atom is 0.303 e. The minimum absolute atomic E-state index is 0.000579. The van der Waals surface area contributed by atoms with Crippen molar-refractivity contribution in [2.75, 3.05) is 13.1 Å². The molecular weight excluding hydrogens is 244 g/mol. The van der Waals surface area contributed by atoms with Gasteiger partial charge in [0.2, 0.25) is 0 Å². The molecule has 5 nitrogen and oxygen atoms in total. The second-order valence-electron chi connectivity index (χ2n) is 5.02. The predicted molar refractivity (Wildman–Crippen MR) is 69.9 cm³/mol. The summed E-state index contributed by atoms with van der Waals surface area (Å²) < 4.78 is 0. The van der Waals surface area contributed by atoms with E-state index in [4.69, 9.17) is 5.11 Å². The first-order valence-corrected chi connectivity index (χ1v) is 6.49. The number of hydrogen-bond donors (Lipinski definition) is 1. The lowest BCUT2D eigenvalue weighted by atomic mass is 9.93. The minimum atomic E-state index is -0.757. The number of piperidine rings is 1. The lowest BCUT2D eigenvalue weighted by Gasteiger charge is -2.31. The fourth-order valence-corrected chi connectivity index (χ4v) is 2.45. The van der Waals surface area contributed by atoms with E-state index in [9.17, 15) is 9.59 Å². The van der Waals surface area contributed by atoms with Crippen molar-refractivity contribution in [1.82, 2.24) is 9.88 Å². The SMILES string of the molecule is Cc1ccncc1C(=O)N1CCC(CC(=O)O)CC1. The molecule has 19 heavy (non-hydrogen) atoms. The summed E-state index contributed by atoms with van der Waals surface area (Å²) in [6.45, 7) is 3.16. The van der Waals surface area contributed by atoms with Gasteiger partial charge in [-0.3, -0.25) is 14.6 Å². The maximum atomic E-state index is 12.3. The number of carboxylic acids is 1. The number of carbonyl (C=O) groups is 2. The number of nitrogens with zero attached hydrogens (tertiary/aromatic N) is 2. The maximum absolute atomic E-state index is 12.3. The van der Waals surface area contributed by atoms with E-state index in [-0.39, 0.29) is 18.2 Å². The molecule has 0 aromatic carbocycles. The molecule has 0 atom stereocenters. The number of aromatic nitrogens is 1. The van der Waals surface area contributed by atoms with E-state index in [1.165, 1.54) is 0 Å². The van der Waals surface area contributed by atoms with Crippen molar-refractivity contribution in [3.63, 3.8) is 0 Å². The Hall–Kier alpha value is -1.91. The molecule has 2 rings (SSSR count). The molecule has 1 amide bonds. The first-order valence-electron chi connectivity index (χ1n) is 6.49. The molecule has 1 saturated heterocycles. The highest BCUT2D eigenvalue weighted by Gasteiger charge is 2.25. The second-order valence-corrected chi connectivity index (χ2v) is 5.02. The van der Waals surface area contributed by atoms with Gasteiger partial charge in [-0.15, -0.1) is 0 Å². The van der Waals surface area contributed by atoms with Crippen LogP contribution in [-0.2, 0) is 4.79 Å². The number of rotatable bonds is 3. The quantitative estimate of drug-likeness (QED) is 0.900. The van der Waals surface area contributed by atoms with Crippen molar-refractivity contribution in [1.29, 1.82) is 0 Å². The average Bonchev–Trinajstić information content (AvgIpc) is 2.39. The number of aryl methyl sites for hydroxylation is 1. The van der Waals surface area contributed by atoms with Gasteiger partial charge in [0.25, 0.3) is 5.91 Å². The molecule has 0 spiro atoms. The summed E-state index contributed by atoms with van der Waals surface area (Å²) in [7, 11) is 0. The minimum Gasteiger partial charge on any atom is -0.481 e. The molecule has 0 saturated carbocycles. The third-order valence-corrected chi connectivity index (χ3v) is 3.63. The first-order chi connectivity index (χ1) is 9.08. The van der Waals surface area contributed by atoms with Gasteiger partial charge in [0.15, 0.2) is 0 Å². The summed E-state index contributed by atoms with van der Waals surface area (Å²) in [6, 6.07) is 1.82. The van der Waals surface area contributed by atoms with Crippen LogP contribution in [0.2, 0.25) is 0 Å². The molecule has 1 aromatic rings. The van der Waals surface area contributed by atoms with E-state index in [1.54, 1.807) is 17.3 Å². The zero-order valence-electron chi connectivity index (χ0n) is 11.0. The average molecular weight is 262 g/mol. The van der Waals surface area contributed by atoms with Gasteiger partial charge in [0.05, 0.1) is 5.56 Å². The number of pyridine rings is 1. The van der Waals surface area contributed by atoms with Gasteiger partial charge in [-0.2, -0.15) is 0 Å². The number of carboxylic acid groups (broad SMARTS) is 1. The van der Waals surface area contributed by atoms with Crippen LogP contribution >= 0.6 is 0 Å². The van der Waals surface area contributed by atoms with Crippen LogP contribution in [0.25, 0.3) is 0 Å². The number of likely N-dealkylation sites (tertiary alicyclic amines) is 1. The van der Waals surface area contributed by atoms with Gasteiger partial charge in [0.1, 0.15) is 0 Å². The normalized spacial score (nSPS) is 16.4. The lowest BCUT2D eigenvalue weighted by Crippen LogP contribution is -2.39. The summed E-state index contributed by atoms with van der Waals surface area (Å²) in [6.07, 6.45) is 4.99. The number of carbonyl (C=O) groups excluding carboxylic acids is 1. The van der Waals surface area contributed by atoms with E-state index >= 15 is 0 Å². The molecule has 1 aromatic heterocycles. The van der Waals surface area contributed by atoms with Gasteiger partial charge in [-0.05, 0) is 37.3 Å². The van der Waals surface area contributed by atoms with Crippen LogP contribution in [0.4, 0.5) is 0 Å². The molecular formula is C14H18N2O3. The van der Waals surface area contributed by atoms with Gasteiger partial charge < -0.3 is 10.0 Å². The highest BCUT2D eigenvalue weighted by Crippen LogP contribution is 2.22. The fraction of sp³-hybridized carbons (Fsp3) is 0.500. The van der Waals surface area contributed by atoms with Crippen LogP contribution in [0.5, 0.6) is 0 Å². The van der Waals surface area contributed by atoms with E-state index < -0.39 is 5.97 Å². The summed E-state index contributed by atoms with van der Waals surface area (Å²) in [5.41, 5.74) is 1.56. The monoisotopic (exact) mass is 262 g/mol. The summed E-state index contributed by atoms with van der Waals surface area (Å²) in [4.78, 5) is 28.8.